The molecular formula is C10H7Cl2N3O2S. The van der Waals surface area contributed by atoms with Crippen molar-refractivity contribution in [3.63, 3.8) is 0 Å². The van der Waals surface area contributed by atoms with E-state index in [-0.39, 0.29) is 15.4 Å². The van der Waals surface area contributed by atoms with Crippen LogP contribution in [-0.4, -0.2) is 23.2 Å². The summed E-state index contributed by atoms with van der Waals surface area (Å²) in [5.41, 5.74) is 0.549. The summed E-state index contributed by atoms with van der Waals surface area (Å²) in [5, 5.41) is 10.5. The molecule has 0 aliphatic carbocycles. The first-order valence-electron chi connectivity index (χ1n) is 4.74. The summed E-state index contributed by atoms with van der Waals surface area (Å²) in [5.74, 6) is 0.0912. The van der Waals surface area contributed by atoms with Gasteiger partial charge in [-0.1, -0.05) is 22.9 Å². The molecule has 0 aliphatic heterocycles. The van der Waals surface area contributed by atoms with Gasteiger partial charge in [0.15, 0.2) is 0 Å². The van der Waals surface area contributed by atoms with Gasteiger partial charge in [-0.2, -0.15) is 0 Å². The highest BCUT2D eigenvalue weighted by molar-refractivity contribution is 7.17. The molecule has 1 aromatic heterocycles. The van der Waals surface area contributed by atoms with Crippen molar-refractivity contribution >= 4 is 46.1 Å². The highest BCUT2D eigenvalue weighted by Crippen LogP contribution is 2.27. The predicted octanol–water partition coefficient (Wildman–Crippen LogP) is 3.11. The number of methoxy groups -OCH3 is 1. The molecule has 94 valence electrons. The van der Waals surface area contributed by atoms with Crippen molar-refractivity contribution in [3.8, 4) is 5.75 Å². The lowest BCUT2D eigenvalue weighted by atomic mass is 10.3. The van der Waals surface area contributed by atoms with Gasteiger partial charge >= 0.3 is 0 Å². The van der Waals surface area contributed by atoms with E-state index in [1.165, 1.54) is 7.11 Å². The van der Waals surface area contributed by atoms with Crippen LogP contribution in [0.2, 0.25) is 9.49 Å². The average molecular weight is 304 g/mol. The number of nitrogens with zero attached hydrogens (tertiary/aromatic N) is 2. The fourth-order valence-corrected chi connectivity index (χ4v) is 2.14. The molecule has 0 aliphatic rings. The second-order valence-corrected chi connectivity index (χ2v) is 5.13. The van der Waals surface area contributed by atoms with E-state index in [1.54, 1.807) is 18.2 Å². The minimum Gasteiger partial charge on any atom is -0.495 e. The zero-order chi connectivity index (χ0) is 13.1. The first-order valence-corrected chi connectivity index (χ1v) is 6.31. The Labute approximate surface area is 117 Å². The number of nitrogens with one attached hydrogen (secondary N) is 1. The average Bonchev–Trinajstić information content (AvgIpc) is 2.78. The molecule has 0 radical (unpaired) electrons. The summed E-state index contributed by atoms with van der Waals surface area (Å²) in [7, 11) is 1.50. The Morgan fingerprint density at radius 3 is 2.78 bits per heavy atom. The molecule has 0 fully saturated rings. The number of halogens is 2. The molecule has 0 bridgehead atoms. The number of carbonyl (C=O) groups excluding carboxylic acids is 1. The van der Waals surface area contributed by atoms with Crippen LogP contribution in [0, 0.1) is 0 Å². The lowest BCUT2D eigenvalue weighted by Gasteiger charge is -2.06. The van der Waals surface area contributed by atoms with Gasteiger partial charge in [-0.25, -0.2) is 0 Å². The van der Waals surface area contributed by atoms with Crippen molar-refractivity contribution in [1.29, 1.82) is 0 Å². The van der Waals surface area contributed by atoms with Gasteiger partial charge in [0, 0.05) is 11.8 Å². The zero-order valence-corrected chi connectivity index (χ0v) is 11.4. The van der Waals surface area contributed by atoms with Crippen molar-refractivity contribution in [3.05, 3.63) is 32.7 Å². The summed E-state index contributed by atoms with van der Waals surface area (Å²) in [6, 6.07) is 4.90. The van der Waals surface area contributed by atoms with E-state index in [1.807, 2.05) is 0 Å². The normalized spacial score (nSPS) is 10.2. The lowest BCUT2D eigenvalue weighted by molar-refractivity contribution is 0.102. The van der Waals surface area contributed by atoms with Gasteiger partial charge in [-0.05, 0) is 23.7 Å². The van der Waals surface area contributed by atoms with Gasteiger partial charge in [-0.15, -0.1) is 10.2 Å². The summed E-state index contributed by atoms with van der Waals surface area (Å²) < 4.78 is 5.26. The van der Waals surface area contributed by atoms with Crippen LogP contribution in [0.5, 0.6) is 5.75 Å². The van der Waals surface area contributed by atoms with Crippen molar-refractivity contribution in [1.82, 2.24) is 10.2 Å². The van der Waals surface area contributed by atoms with E-state index < -0.39 is 0 Å². The van der Waals surface area contributed by atoms with E-state index in [2.05, 4.69) is 15.5 Å². The Morgan fingerprint density at radius 1 is 1.39 bits per heavy atom. The van der Waals surface area contributed by atoms with Gasteiger partial charge in [0.2, 0.25) is 9.47 Å². The van der Waals surface area contributed by atoms with Crippen LogP contribution < -0.4 is 10.1 Å². The van der Waals surface area contributed by atoms with Crippen molar-refractivity contribution in [2.45, 2.75) is 0 Å². The van der Waals surface area contributed by atoms with Crippen LogP contribution in [-0.2, 0) is 0 Å². The molecule has 1 amide bonds. The standard InChI is InChI=1S/C10H7Cl2N3O2S/c1-17-7-4-5(2-3-6(7)11)13-8(16)9-14-15-10(12)18-9/h2-4H,1H3,(H,13,16). The molecule has 1 N–H and O–H groups in total. The summed E-state index contributed by atoms with van der Waals surface area (Å²) in [4.78, 5) is 11.8. The summed E-state index contributed by atoms with van der Waals surface area (Å²) in [6.07, 6.45) is 0. The third-order valence-electron chi connectivity index (χ3n) is 2.00. The number of amides is 1. The quantitative estimate of drug-likeness (QED) is 0.946. The Balaban J connectivity index is 2.16. The second-order valence-electron chi connectivity index (χ2n) is 3.16. The Hall–Kier alpha value is -1.37. The monoisotopic (exact) mass is 303 g/mol. The van der Waals surface area contributed by atoms with Crippen molar-refractivity contribution in [2.24, 2.45) is 0 Å². The first kappa shape index (κ1) is 13.1. The van der Waals surface area contributed by atoms with Crippen LogP contribution in [0.3, 0.4) is 0 Å². The summed E-state index contributed by atoms with van der Waals surface area (Å²) >= 11 is 12.5. The number of carbonyl (C=O) groups is 1. The van der Waals surface area contributed by atoms with Crippen molar-refractivity contribution in [2.75, 3.05) is 12.4 Å². The minimum atomic E-state index is -0.385. The molecule has 1 heterocycles. The molecule has 0 spiro atoms. The molecule has 5 nitrogen and oxygen atoms in total. The van der Waals surface area contributed by atoms with E-state index in [9.17, 15) is 4.79 Å². The number of aromatic nitrogens is 2. The number of ether oxygens (including phenoxy) is 1. The van der Waals surface area contributed by atoms with E-state index in [0.29, 0.717) is 16.5 Å². The topological polar surface area (TPSA) is 64.1 Å². The molecule has 0 atom stereocenters. The second kappa shape index (κ2) is 5.51. The summed E-state index contributed by atoms with van der Waals surface area (Å²) in [6.45, 7) is 0. The maximum Gasteiger partial charge on any atom is 0.286 e. The van der Waals surface area contributed by atoms with Gasteiger partial charge in [-0.3, -0.25) is 4.79 Å². The maximum atomic E-state index is 11.8. The maximum absolute atomic E-state index is 11.8. The molecule has 0 saturated carbocycles. The molecule has 2 rings (SSSR count). The van der Waals surface area contributed by atoms with Gasteiger partial charge in [0.25, 0.3) is 5.91 Å². The largest absolute Gasteiger partial charge is 0.495 e. The van der Waals surface area contributed by atoms with Crippen LogP contribution in [0.4, 0.5) is 5.69 Å². The smallest absolute Gasteiger partial charge is 0.286 e. The molecule has 0 saturated heterocycles. The Bertz CT molecular complexity index is 588. The SMILES string of the molecule is COc1cc(NC(=O)c2nnc(Cl)s2)ccc1Cl. The number of hydrogen-bond donors (Lipinski definition) is 1. The first-order chi connectivity index (χ1) is 8.60. The Morgan fingerprint density at radius 2 is 2.17 bits per heavy atom. The molecular weight excluding hydrogens is 297 g/mol. The molecule has 18 heavy (non-hydrogen) atoms. The van der Waals surface area contributed by atoms with Crippen LogP contribution in [0.1, 0.15) is 9.80 Å². The van der Waals surface area contributed by atoms with Gasteiger partial charge < -0.3 is 10.1 Å². The number of rotatable bonds is 3. The van der Waals surface area contributed by atoms with Crippen molar-refractivity contribution < 1.29 is 9.53 Å². The Kier molecular flexibility index (Phi) is 4.00. The van der Waals surface area contributed by atoms with Crippen LogP contribution in [0.25, 0.3) is 0 Å². The lowest BCUT2D eigenvalue weighted by Crippen LogP contribution is -2.11. The molecule has 0 unspecified atom stereocenters. The molecule has 8 heteroatoms. The zero-order valence-electron chi connectivity index (χ0n) is 9.11. The fraction of sp³-hybridized carbons (Fsp3) is 0.100. The van der Waals surface area contributed by atoms with Crippen LogP contribution >= 0.6 is 34.5 Å². The van der Waals surface area contributed by atoms with Crippen LogP contribution in [0.15, 0.2) is 18.2 Å². The molecule has 1 aromatic carbocycles. The highest BCUT2D eigenvalue weighted by Gasteiger charge is 2.13. The van der Waals surface area contributed by atoms with Gasteiger partial charge in [0.1, 0.15) is 5.75 Å². The van der Waals surface area contributed by atoms with E-state index in [0.717, 1.165) is 11.3 Å². The highest BCUT2D eigenvalue weighted by atomic mass is 35.5. The number of hydrogen-bond acceptors (Lipinski definition) is 5. The van der Waals surface area contributed by atoms with E-state index in [4.69, 9.17) is 27.9 Å². The third-order valence-corrected chi connectivity index (χ3v) is 3.33. The predicted molar refractivity (Wildman–Crippen MR) is 70.9 cm³/mol. The molecule has 2 aromatic rings. The third kappa shape index (κ3) is 2.90. The minimum absolute atomic E-state index is 0.189. The number of anilines is 1. The number of benzene rings is 1. The van der Waals surface area contributed by atoms with E-state index >= 15 is 0 Å². The van der Waals surface area contributed by atoms with Gasteiger partial charge in [0.05, 0.1) is 12.1 Å². The fourth-order valence-electron chi connectivity index (χ4n) is 1.22.